The average Bonchev–Trinajstić information content (AvgIpc) is 2.94. The largest absolute Gasteiger partial charge is 1.00 e. The summed E-state index contributed by atoms with van der Waals surface area (Å²) < 4.78 is 1.29. The maximum absolute atomic E-state index is 10.5. The van der Waals surface area contributed by atoms with Crippen molar-refractivity contribution < 1.29 is 21.5 Å². The molecule has 0 amide bonds. The zero-order valence-electron chi connectivity index (χ0n) is 18.4. The number of piperidine rings is 1. The van der Waals surface area contributed by atoms with Crippen LogP contribution >= 0.6 is 0 Å². The van der Waals surface area contributed by atoms with Crippen LogP contribution in [-0.2, 0) is 5.41 Å². The molecule has 0 N–H and O–H groups in total. The summed E-state index contributed by atoms with van der Waals surface area (Å²) >= 11 is 0. The van der Waals surface area contributed by atoms with Gasteiger partial charge in [-0.3, -0.25) is 0 Å². The van der Waals surface area contributed by atoms with Gasteiger partial charge >= 0.3 is 0 Å². The van der Waals surface area contributed by atoms with Crippen molar-refractivity contribution in [3.63, 3.8) is 0 Å². The lowest BCUT2D eigenvalue weighted by Gasteiger charge is -2.48. The summed E-state index contributed by atoms with van der Waals surface area (Å²) in [4.78, 5) is 0. The smallest absolute Gasteiger partial charge is 0.107 e. The van der Waals surface area contributed by atoms with Crippen LogP contribution < -0.4 is 17.0 Å². The summed E-state index contributed by atoms with van der Waals surface area (Å²) in [7, 11) is 2.51. The molecule has 2 bridgehead atoms. The van der Waals surface area contributed by atoms with E-state index in [1.807, 2.05) is 12.1 Å². The molecule has 3 heteroatoms. The first-order valence-corrected chi connectivity index (χ1v) is 11.5. The van der Waals surface area contributed by atoms with Crippen molar-refractivity contribution >= 4 is 0 Å². The van der Waals surface area contributed by atoms with Crippen LogP contribution in [0, 0.1) is 17.2 Å². The van der Waals surface area contributed by atoms with Gasteiger partial charge in [0, 0.05) is 25.7 Å². The lowest BCUT2D eigenvalue weighted by Crippen LogP contribution is -3.00. The van der Waals surface area contributed by atoms with Crippen molar-refractivity contribution in [1.29, 1.82) is 5.26 Å². The van der Waals surface area contributed by atoms with Gasteiger partial charge in [-0.25, -0.2) is 0 Å². The fourth-order valence-electron chi connectivity index (χ4n) is 6.34. The number of nitriles is 1. The van der Waals surface area contributed by atoms with E-state index >= 15 is 0 Å². The highest BCUT2D eigenvalue weighted by Gasteiger charge is 2.52. The third-order valence-electron chi connectivity index (χ3n) is 8.02. The topological polar surface area (TPSA) is 23.8 Å². The summed E-state index contributed by atoms with van der Waals surface area (Å²) in [5.74, 6) is 0.625. The standard InChI is InChI=1S/C27H35N2.BrH/c1-3-4-17-29(2)25-15-16-26(29)19-22(18-25)20-27(21-28,23-11-7-5-8-12-23)24-13-9-6-10-14-24;/h5-14,22,25-26H,3-4,15-20H2,1-2H3;1H/q+1;/p-1. The minimum atomic E-state index is -0.545. The molecule has 0 aromatic heterocycles. The third kappa shape index (κ3) is 4.10. The van der Waals surface area contributed by atoms with Gasteiger partial charge < -0.3 is 21.5 Å². The van der Waals surface area contributed by atoms with E-state index in [1.165, 1.54) is 49.6 Å². The van der Waals surface area contributed by atoms with Crippen LogP contribution in [0.1, 0.15) is 63.0 Å². The molecular weight excluding hydrogens is 432 g/mol. The summed E-state index contributed by atoms with van der Waals surface area (Å²) in [5, 5.41) is 10.5. The van der Waals surface area contributed by atoms with E-state index in [2.05, 4.69) is 68.6 Å². The van der Waals surface area contributed by atoms with Gasteiger partial charge in [-0.1, -0.05) is 74.0 Å². The quantitative estimate of drug-likeness (QED) is 0.575. The van der Waals surface area contributed by atoms with Gasteiger partial charge in [0.05, 0.1) is 31.7 Å². The van der Waals surface area contributed by atoms with Crippen LogP contribution in [0.25, 0.3) is 0 Å². The molecule has 0 radical (unpaired) electrons. The van der Waals surface area contributed by atoms with Crippen molar-refractivity contribution in [1.82, 2.24) is 0 Å². The Balaban J connectivity index is 0.00000256. The molecule has 4 rings (SSSR count). The van der Waals surface area contributed by atoms with Crippen LogP contribution in [0.5, 0.6) is 0 Å². The number of nitrogens with zero attached hydrogens (tertiary/aromatic N) is 2. The van der Waals surface area contributed by atoms with E-state index < -0.39 is 5.41 Å². The Morgan fingerprint density at radius 3 is 1.87 bits per heavy atom. The maximum Gasteiger partial charge on any atom is 0.107 e. The first kappa shape index (κ1) is 23.0. The number of hydrogen-bond acceptors (Lipinski definition) is 1. The summed E-state index contributed by atoms with van der Waals surface area (Å²) in [5.41, 5.74) is 1.75. The molecular formula is C27H35BrN2. The maximum atomic E-state index is 10.5. The molecule has 2 aromatic rings. The number of halogens is 1. The number of unbranched alkanes of at least 4 members (excludes halogenated alkanes) is 1. The van der Waals surface area contributed by atoms with E-state index in [4.69, 9.17) is 0 Å². The SMILES string of the molecule is CCCC[N+]1(C)C2CCC1CC(CC(C#N)(c1ccccc1)c1ccccc1)C2.[Br-]. The van der Waals surface area contributed by atoms with Crippen LogP contribution in [0.2, 0.25) is 0 Å². The average molecular weight is 467 g/mol. The molecule has 2 saturated heterocycles. The van der Waals surface area contributed by atoms with Gasteiger partial charge in [-0.2, -0.15) is 5.26 Å². The lowest BCUT2D eigenvalue weighted by molar-refractivity contribution is -0.949. The molecule has 2 aliphatic heterocycles. The highest BCUT2D eigenvalue weighted by molar-refractivity contribution is 5.45. The van der Waals surface area contributed by atoms with Crippen molar-refractivity contribution in [3.8, 4) is 6.07 Å². The van der Waals surface area contributed by atoms with Crippen LogP contribution in [0.3, 0.4) is 0 Å². The molecule has 0 aliphatic carbocycles. The summed E-state index contributed by atoms with van der Waals surface area (Å²) in [6.07, 6.45) is 8.87. The molecule has 30 heavy (non-hydrogen) atoms. The number of rotatable bonds is 7. The zero-order chi connectivity index (χ0) is 20.3. The van der Waals surface area contributed by atoms with Crippen molar-refractivity contribution in [2.45, 2.75) is 69.4 Å². The highest BCUT2D eigenvalue weighted by Crippen LogP contribution is 2.48. The van der Waals surface area contributed by atoms with Gasteiger partial charge in [-0.15, -0.1) is 0 Å². The van der Waals surface area contributed by atoms with Gasteiger partial charge in [0.25, 0.3) is 0 Å². The molecule has 2 heterocycles. The molecule has 0 spiro atoms. The number of hydrogen-bond donors (Lipinski definition) is 0. The fraction of sp³-hybridized carbons (Fsp3) is 0.519. The molecule has 0 saturated carbocycles. The monoisotopic (exact) mass is 466 g/mol. The second-order valence-corrected chi connectivity index (χ2v) is 9.60. The lowest BCUT2D eigenvalue weighted by atomic mass is 9.67. The predicted octanol–water partition coefficient (Wildman–Crippen LogP) is 3.08. The second-order valence-electron chi connectivity index (χ2n) is 9.60. The first-order chi connectivity index (χ1) is 14.1. The molecule has 2 aliphatic rings. The Labute approximate surface area is 193 Å². The fourth-order valence-corrected chi connectivity index (χ4v) is 6.34. The molecule has 2 nitrogen and oxygen atoms in total. The molecule has 2 atom stereocenters. The molecule has 2 fully saturated rings. The Bertz CT molecular complexity index is 789. The minimum absolute atomic E-state index is 0. The first-order valence-electron chi connectivity index (χ1n) is 11.5. The third-order valence-corrected chi connectivity index (χ3v) is 8.02. The van der Waals surface area contributed by atoms with E-state index in [-0.39, 0.29) is 17.0 Å². The highest BCUT2D eigenvalue weighted by atomic mass is 79.9. The molecule has 2 unspecified atom stereocenters. The van der Waals surface area contributed by atoms with Crippen LogP contribution in [0.4, 0.5) is 0 Å². The van der Waals surface area contributed by atoms with Crippen molar-refractivity contribution in [2.75, 3.05) is 13.6 Å². The van der Waals surface area contributed by atoms with Gasteiger partial charge in [0.1, 0.15) is 5.41 Å². The number of fused-ring (bicyclic) bond motifs is 2. The molecule has 160 valence electrons. The van der Waals surface area contributed by atoms with E-state index in [9.17, 15) is 5.26 Å². The Morgan fingerprint density at radius 2 is 1.43 bits per heavy atom. The van der Waals surface area contributed by atoms with Gasteiger partial charge in [0.15, 0.2) is 0 Å². The van der Waals surface area contributed by atoms with E-state index in [0.717, 1.165) is 29.6 Å². The Kier molecular flexibility index (Phi) is 7.43. The van der Waals surface area contributed by atoms with Gasteiger partial charge in [-0.05, 0) is 29.9 Å². The van der Waals surface area contributed by atoms with Crippen molar-refractivity contribution in [3.05, 3.63) is 71.8 Å². The van der Waals surface area contributed by atoms with Crippen molar-refractivity contribution in [2.24, 2.45) is 5.92 Å². The number of quaternary nitrogens is 1. The summed E-state index contributed by atoms with van der Waals surface area (Å²) in [6.45, 7) is 3.64. The Hall–Kier alpha value is -1.63. The number of benzene rings is 2. The Morgan fingerprint density at radius 1 is 0.933 bits per heavy atom. The second kappa shape index (κ2) is 9.67. The summed E-state index contributed by atoms with van der Waals surface area (Å²) in [6, 6.07) is 25.4. The van der Waals surface area contributed by atoms with E-state index in [1.54, 1.807) is 0 Å². The van der Waals surface area contributed by atoms with Gasteiger partial charge in [0.2, 0.25) is 0 Å². The predicted molar refractivity (Wildman–Crippen MR) is 119 cm³/mol. The molecule has 2 aromatic carbocycles. The zero-order valence-corrected chi connectivity index (χ0v) is 20.0. The van der Waals surface area contributed by atoms with E-state index in [0.29, 0.717) is 5.92 Å². The van der Waals surface area contributed by atoms with Crippen LogP contribution in [0.15, 0.2) is 60.7 Å². The normalized spacial score (nSPS) is 27.8. The van der Waals surface area contributed by atoms with Crippen LogP contribution in [-0.4, -0.2) is 30.2 Å². The minimum Gasteiger partial charge on any atom is -1.00 e.